The molecule has 3 rings (SSSR count). The topological polar surface area (TPSA) is 40.6 Å². The first-order valence-electron chi connectivity index (χ1n) is 9.69. The van der Waals surface area contributed by atoms with Crippen molar-refractivity contribution in [2.24, 2.45) is 5.92 Å². The van der Waals surface area contributed by atoms with Gasteiger partial charge in [-0.15, -0.1) is 0 Å². The van der Waals surface area contributed by atoms with Crippen LogP contribution in [-0.4, -0.2) is 43.1 Å². The van der Waals surface area contributed by atoms with Crippen LogP contribution in [0.15, 0.2) is 48.5 Å². The second-order valence-corrected chi connectivity index (χ2v) is 7.49. The third kappa shape index (κ3) is 4.11. The highest BCUT2D eigenvalue weighted by Gasteiger charge is 2.26. The predicted octanol–water partition coefficient (Wildman–Crippen LogP) is 4.22. The number of hydrogen-bond donors (Lipinski definition) is 0. The Bertz CT molecular complexity index is 793. The number of piperazine rings is 1. The minimum Gasteiger partial charge on any atom is -0.368 e. The molecular weight excluding hydrogens is 336 g/mol. The van der Waals surface area contributed by atoms with Crippen LogP contribution >= 0.6 is 0 Å². The van der Waals surface area contributed by atoms with Gasteiger partial charge in [0.1, 0.15) is 0 Å². The van der Waals surface area contributed by atoms with Crippen molar-refractivity contribution in [3.8, 4) is 0 Å². The Labute approximate surface area is 161 Å². The lowest BCUT2D eigenvalue weighted by Gasteiger charge is -2.40. The minimum atomic E-state index is -0.135. The number of hydrogen-bond acceptors (Lipinski definition) is 4. The molecule has 0 bridgehead atoms. The van der Waals surface area contributed by atoms with E-state index >= 15 is 0 Å². The fourth-order valence-corrected chi connectivity index (χ4v) is 3.77. The SMILES string of the molecule is CC(C)C(=O)c1c(C=O)cccc1N1CCN([C@H](C)c2ccccc2)CC1. The number of anilines is 1. The molecule has 0 aromatic heterocycles. The van der Waals surface area contributed by atoms with Gasteiger partial charge in [0.15, 0.2) is 12.1 Å². The molecule has 1 atom stereocenters. The molecule has 0 aliphatic carbocycles. The van der Waals surface area contributed by atoms with Crippen LogP contribution in [-0.2, 0) is 0 Å². The fraction of sp³-hybridized carbons (Fsp3) is 0.391. The summed E-state index contributed by atoms with van der Waals surface area (Å²) in [7, 11) is 0. The first kappa shape index (κ1) is 19.3. The standard InChI is InChI=1S/C23H28N2O2/c1-17(2)23(27)22-20(16-26)10-7-11-21(22)25-14-12-24(13-15-25)18(3)19-8-5-4-6-9-19/h4-11,16-18H,12-15H2,1-3H3/t18-/m1/s1. The number of Topliss-reactive ketones (excluding diaryl/α,β-unsaturated/α-hetero) is 1. The van der Waals surface area contributed by atoms with Crippen molar-refractivity contribution in [3.63, 3.8) is 0 Å². The van der Waals surface area contributed by atoms with E-state index in [2.05, 4.69) is 41.0 Å². The van der Waals surface area contributed by atoms with Crippen molar-refractivity contribution in [2.45, 2.75) is 26.8 Å². The van der Waals surface area contributed by atoms with Gasteiger partial charge in [-0.25, -0.2) is 0 Å². The van der Waals surface area contributed by atoms with Crippen molar-refractivity contribution in [1.29, 1.82) is 0 Å². The molecule has 27 heavy (non-hydrogen) atoms. The van der Waals surface area contributed by atoms with Crippen molar-refractivity contribution in [3.05, 3.63) is 65.2 Å². The van der Waals surface area contributed by atoms with Crippen LogP contribution < -0.4 is 4.90 Å². The monoisotopic (exact) mass is 364 g/mol. The quantitative estimate of drug-likeness (QED) is 0.568. The molecule has 142 valence electrons. The highest BCUT2D eigenvalue weighted by Crippen LogP contribution is 2.29. The molecule has 1 aliphatic rings. The number of benzene rings is 2. The van der Waals surface area contributed by atoms with Gasteiger partial charge in [-0.1, -0.05) is 56.3 Å². The molecule has 0 N–H and O–H groups in total. The lowest BCUT2D eigenvalue weighted by atomic mass is 9.94. The van der Waals surface area contributed by atoms with Crippen LogP contribution in [0.5, 0.6) is 0 Å². The van der Waals surface area contributed by atoms with E-state index in [4.69, 9.17) is 0 Å². The number of carbonyl (C=O) groups is 2. The number of nitrogens with zero attached hydrogens (tertiary/aromatic N) is 2. The Balaban J connectivity index is 1.78. The summed E-state index contributed by atoms with van der Waals surface area (Å²) in [6, 6.07) is 16.5. The molecule has 4 nitrogen and oxygen atoms in total. The summed E-state index contributed by atoms with van der Waals surface area (Å²) in [6.45, 7) is 9.55. The van der Waals surface area contributed by atoms with Crippen LogP contribution in [0.3, 0.4) is 0 Å². The molecule has 0 saturated carbocycles. The van der Waals surface area contributed by atoms with E-state index in [1.165, 1.54) is 5.56 Å². The Morgan fingerprint density at radius 1 is 0.926 bits per heavy atom. The summed E-state index contributed by atoms with van der Waals surface area (Å²) in [4.78, 5) is 29.0. The van der Waals surface area contributed by atoms with E-state index in [9.17, 15) is 9.59 Å². The summed E-state index contributed by atoms with van der Waals surface area (Å²) in [5.41, 5.74) is 3.29. The van der Waals surface area contributed by atoms with E-state index < -0.39 is 0 Å². The lowest BCUT2D eigenvalue weighted by molar-refractivity contribution is 0.0934. The Morgan fingerprint density at radius 2 is 1.59 bits per heavy atom. The second kappa shape index (κ2) is 8.49. The summed E-state index contributed by atoms with van der Waals surface area (Å²) >= 11 is 0. The molecule has 1 fully saturated rings. The maximum atomic E-state index is 12.7. The Morgan fingerprint density at radius 3 is 2.19 bits per heavy atom. The van der Waals surface area contributed by atoms with Gasteiger partial charge in [0.05, 0.1) is 5.56 Å². The van der Waals surface area contributed by atoms with Crippen molar-refractivity contribution < 1.29 is 9.59 Å². The van der Waals surface area contributed by atoms with Gasteiger partial charge < -0.3 is 4.90 Å². The zero-order valence-corrected chi connectivity index (χ0v) is 16.4. The molecule has 0 amide bonds. The summed E-state index contributed by atoms with van der Waals surface area (Å²) in [5, 5.41) is 0. The third-order valence-corrected chi connectivity index (χ3v) is 5.46. The maximum absolute atomic E-state index is 12.7. The first-order valence-corrected chi connectivity index (χ1v) is 9.69. The number of rotatable bonds is 6. The molecule has 4 heteroatoms. The van der Waals surface area contributed by atoms with Crippen LogP contribution in [0.25, 0.3) is 0 Å². The van der Waals surface area contributed by atoms with E-state index in [1.54, 1.807) is 6.07 Å². The fourth-order valence-electron chi connectivity index (χ4n) is 3.77. The molecule has 1 saturated heterocycles. The summed E-state index contributed by atoms with van der Waals surface area (Å²) < 4.78 is 0. The summed E-state index contributed by atoms with van der Waals surface area (Å²) in [5.74, 6) is -0.1000. The Kier molecular flexibility index (Phi) is 6.07. The van der Waals surface area contributed by atoms with Gasteiger partial charge in [0.2, 0.25) is 0 Å². The molecule has 2 aromatic rings. The second-order valence-electron chi connectivity index (χ2n) is 7.49. The highest BCUT2D eigenvalue weighted by atomic mass is 16.1. The summed E-state index contributed by atoms with van der Waals surface area (Å²) in [6.07, 6.45) is 0.798. The zero-order valence-electron chi connectivity index (χ0n) is 16.4. The molecular formula is C23H28N2O2. The molecule has 0 unspecified atom stereocenters. The highest BCUT2D eigenvalue weighted by molar-refractivity contribution is 6.08. The number of ketones is 1. The normalized spacial score (nSPS) is 16.4. The van der Waals surface area contributed by atoms with Gasteiger partial charge in [-0.3, -0.25) is 14.5 Å². The molecule has 2 aromatic carbocycles. The third-order valence-electron chi connectivity index (χ3n) is 5.46. The largest absolute Gasteiger partial charge is 0.368 e. The van der Waals surface area contributed by atoms with Crippen LogP contribution in [0.4, 0.5) is 5.69 Å². The number of carbonyl (C=O) groups excluding carboxylic acids is 2. The predicted molar refractivity (Wildman–Crippen MR) is 110 cm³/mol. The molecule has 1 aliphatic heterocycles. The molecule has 0 spiro atoms. The van der Waals surface area contributed by atoms with Crippen molar-refractivity contribution in [1.82, 2.24) is 4.90 Å². The van der Waals surface area contributed by atoms with Gasteiger partial charge in [0.25, 0.3) is 0 Å². The van der Waals surface area contributed by atoms with Crippen LogP contribution in [0.2, 0.25) is 0 Å². The smallest absolute Gasteiger partial charge is 0.168 e. The lowest BCUT2D eigenvalue weighted by Crippen LogP contribution is -2.47. The Hall–Kier alpha value is -2.46. The number of aldehydes is 1. The first-order chi connectivity index (χ1) is 13.0. The van der Waals surface area contributed by atoms with Crippen molar-refractivity contribution in [2.75, 3.05) is 31.1 Å². The van der Waals surface area contributed by atoms with Crippen LogP contribution in [0.1, 0.15) is 53.1 Å². The van der Waals surface area contributed by atoms with Gasteiger partial charge in [-0.05, 0) is 18.6 Å². The zero-order chi connectivity index (χ0) is 19.4. The maximum Gasteiger partial charge on any atom is 0.168 e. The van der Waals surface area contributed by atoms with Gasteiger partial charge >= 0.3 is 0 Å². The van der Waals surface area contributed by atoms with E-state index in [-0.39, 0.29) is 11.7 Å². The van der Waals surface area contributed by atoms with Gasteiger partial charge in [-0.2, -0.15) is 0 Å². The van der Waals surface area contributed by atoms with E-state index in [0.29, 0.717) is 17.2 Å². The average molecular weight is 364 g/mol. The van der Waals surface area contributed by atoms with Crippen molar-refractivity contribution >= 4 is 17.8 Å². The molecule has 0 radical (unpaired) electrons. The molecule has 1 heterocycles. The van der Waals surface area contributed by atoms with Gasteiger partial charge in [0, 0.05) is 49.4 Å². The minimum absolute atomic E-state index is 0.0350. The van der Waals surface area contributed by atoms with E-state index in [1.807, 2.05) is 32.0 Å². The van der Waals surface area contributed by atoms with Crippen LogP contribution in [0, 0.1) is 5.92 Å². The van der Waals surface area contributed by atoms with E-state index in [0.717, 1.165) is 38.2 Å². The average Bonchev–Trinajstić information content (AvgIpc) is 2.72.